The standard InChI is InChI=1S/C30H41ClN7O2P.C29H37ClN6O2P.C26H33ClN5O3P/c1-21-6-8-26(28(18-21)41(4,5)39)33-29-24(31)20-32-30(35-29)34-25-9-7-23(19-27(25)40-3)37-12-10-22(11-13-37)38-16-14-36(2)15-17-38;1-35-14-12-22(13-15-35)36-16-10-20(11-17-36)21-8-9-24(26(18-21)38-2)33-29-31-19-23(30)28(34-29)32-25-6-4-5-7-27(25)39(3)37;1-34-23-17-19(35-16-8-15-32-13-6-7-14-32)11-12-21(23)30-26-28-18-20(27)25(31-26)29-22-9-4-5-10-24(22)36(2,3)33/h6-9,18-20,22H,10-17H2,1-5H3,(H2,32,33,34,35);4-9,18-20,22H,10-17H2,1-3H3,(H2,31,32,33,34);4-5,9-12,17-18H,6-8,13-16H2,1-3H3,(H2,28,29,30,31)/q;+1;. The van der Waals surface area contributed by atoms with Crippen molar-refractivity contribution in [2.45, 2.75) is 82.7 Å². The van der Waals surface area contributed by atoms with Gasteiger partial charge in [0.25, 0.3) is 0 Å². The molecule has 0 radical (unpaired) electrons. The number of hydrogen-bond acceptors (Lipinski definition) is 25. The Hall–Kier alpha value is -8.41. The van der Waals surface area contributed by atoms with E-state index in [1.807, 2.05) is 104 Å². The topological polar surface area (TPSA) is 257 Å². The van der Waals surface area contributed by atoms with E-state index in [0.29, 0.717) is 103 Å². The molecule has 25 nitrogen and oxygen atoms in total. The van der Waals surface area contributed by atoms with Gasteiger partial charge >= 0.3 is 7.80 Å². The van der Waals surface area contributed by atoms with Crippen molar-refractivity contribution in [3.05, 3.63) is 166 Å². The Balaban J connectivity index is 0.000000161. The van der Waals surface area contributed by atoms with E-state index in [1.165, 1.54) is 102 Å². The van der Waals surface area contributed by atoms with Crippen LogP contribution in [0.25, 0.3) is 0 Å². The molecule has 0 saturated carbocycles. The number of hydrogen-bond donors (Lipinski definition) is 6. The summed E-state index contributed by atoms with van der Waals surface area (Å²) in [5.41, 5.74) is 7.87. The molecular weight excluding hydrogens is 1580 g/mol. The number of anilines is 13. The highest BCUT2D eigenvalue weighted by Gasteiger charge is 2.31. The maximum absolute atomic E-state index is 12.9. The number of piperazine rings is 1. The van der Waals surface area contributed by atoms with Crippen LogP contribution in [0.15, 0.2) is 140 Å². The second-order valence-electron chi connectivity index (χ2n) is 31.0. The number of aryl methyl sites for hydroxylation is 1. The van der Waals surface area contributed by atoms with Crippen molar-refractivity contribution in [2.24, 2.45) is 0 Å². The Morgan fingerprint density at radius 2 is 0.948 bits per heavy atom. The average molecular weight is 1700 g/mol. The van der Waals surface area contributed by atoms with Crippen molar-refractivity contribution in [1.29, 1.82) is 0 Å². The lowest BCUT2D eigenvalue weighted by Crippen LogP contribution is -2.52. The minimum absolute atomic E-state index is 0.341. The van der Waals surface area contributed by atoms with Crippen LogP contribution in [0.3, 0.4) is 0 Å². The molecule has 618 valence electrons. The number of nitrogens with one attached hydrogen (secondary N) is 6. The quantitative estimate of drug-likeness (QED) is 0.0207. The molecule has 3 aromatic heterocycles. The number of aromatic nitrogens is 6. The molecule has 9 aromatic rings. The first-order valence-electron chi connectivity index (χ1n) is 39.8. The summed E-state index contributed by atoms with van der Waals surface area (Å²) in [5, 5.41) is 22.7. The van der Waals surface area contributed by atoms with Gasteiger partial charge in [-0.05, 0) is 229 Å². The number of nitrogens with zero attached hydrogens (tertiary/aromatic N) is 12. The first-order chi connectivity index (χ1) is 55.8. The molecule has 14 rings (SSSR count). The van der Waals surface area contributed by atoms with Crippen LogP contribution in [0.5, 0.6) is 23.0 Å². The monoisotopic (exact) mass is 1690 g/mol. The molecule has 0 amide bonds. The minimum atomic E-state index is -2.53. The first-order valence-corrected chi connectivity index (χ1v) is 47.9. The van der Waals surface area contributed by atoms with Gasteiger partial charge in [-0.2, -0.15) is 15.0 Å². The van der Waals surface area contributed by atoms with Gasteiger partial charge in [0.2, 0.25) is 23.1 Å². The molecule has 0 bridgehead atoms. The lowest BCUT2D eigenvalue weighted by atomic mass is 9.87. The van der Waals surface area contributed by atoms with Crippen molar-refractivity contribution >= 4 is 148 Å². The van der Waals surface area contributed by atoms with E-state index in [0.717, 1.165) is 109 Å². The number of piperidine rings is 3. The number of methoxy groups -OCH3 is 3. The van der Waals surface area contributed by atoms with Gasteiger partial charge in [0.05, 0.1) is 80.7 Å². The molecule has 1 atom stereocenters. The normalized spacial score (nSPS) is 16.6. The Bertz CT molecular complexity index is 4910. The molecule has 5 fully saturated rings. The Morgan fingerprint density at radius 3 is 1.50 bits per heavy atom. The second kappa shape index (κ2) is 40.8. The van der Waals surface area contributed by atoms with Crippen LogP contribution < -0.4 is 71.7 Å². The maximum atomic E-state index is 12.9. The zero-order valence-electron chi connectivity index (χ0n) is 68.5. The van der Waals surface area contributed by atoms with E-state index in [-0.39, 0.29) is 0 Å². The van der Waals surface area contributed by atoms with Crippen LogP contribution in [-0.4, -0.2) is 227 Å². The molecule has 5 aliphatic heterocycles. The number of halogens is 3. The highest BCUT2D eigenvalue weighted by molar-refractivity contribution is 7.70. The summed E-state index contributed by atoms with van der Waals surface area (Å²) in [6, 6.07) is 40.3. The lowest BCUT2D eigenvalue weighted by Gasteiger charge is -2.42. The summed E-state index contributed by atoms with van der Waals surface area (Å²) in [4.78, 5) is 41.9. The predicted molar refractivity (Wildman–Crippen MR) is 479 cm³/mol. The number of likely N-dealkylation sites (N-methyl/N-ethyl adjacent to an activating group) is 1. The van der Waals surface area contributed by atoms with Gasteiger partial charge in [-0.15, -0.1) is 0 Å². The predicted octanol–water partition coefficient (Wildman–Crippen LogP) is 17.1. The third-order valence-electron chi connectivity index (χ3n) is 22.0. The van der Waals surface area contributed by atoms with Crippen LogP contribution in [0.1, 0.15) is 74.8 Å². The summed E-state index contributed by atoms with van der Waals surface area (Å²) in [6.45, 7) is 26.2. The number of likely N-dealkylation sites (tertiary alicyclic amines) is 3. The number of para-hydroxylation sites is 2. The van der Waals surface area contributed by atoms with Gasteiger partial charge in [0, 0.05) is 86.3 Å². The summed E-state index contributed by atoms with van der Waals surface area (Å²) in [5.74, 6) is 5.75. The molecular formula is C85H111Cl3N18O7P3+. The maximum Gasteiger partial charge on any atom is 0.375 e. The van der Waals surface area contributed by atoms with Gasteiger partial charge in [-0.1, -0.05) is 81.3 Å². The van der Waals surface area contributed by atoms with Crippen LogP contribution in [-0.2, 0) is 13.7 Å². The molecule has 0 spiro atoms. The van der Waals surface area contributed by atoms with Gasteiger partial charge in [0.1, 0.15) is 59.0 Å². The smallest absolute Gasteiger partial charge is 0.375 e. The summed E-state index contributed by atoms with van der Waals surface area (Å²) in [7, 11) is 2.84. The average Bonchev–Trinajstić information content (AvgIpc) is 0.844. The van der Waals surface area contributed by atoms with E-state index in [2.05, 4.69) is 130 Å². The Labute approximate surface area is 699 Å². The third-order valence-corrected chi connectivity index (χ3v) is 26.9. The molecule has 116 heavy (non-hydrogen) atoms. The fourth-order valence-electron chi connectivity index (χ4n) is 15.4. The van der Waals surface area contributed by atoms with Crippen molar-refractivity contribution in [2.75, 3.05) is 197 Å². The van der Waals surface area contributed by atoms with E-state index >= 15 is 0 Å². The summed E-state index contributed by atoms with van der Waals surface area (Å²) in [6.07, 6.45) is 15.5. The van der Waals surface area contributed by atoms with Crippen LogP contribution in [0.4, 0.5) is 75.1 Å². The molecule has 5 aliphatic rings. The number of benzene rings is 6. The van der Waals surface area contributed by atoms with Crippen LogP contribution in [0.2, 0.25) is 15.1 Å². The first kappa shape index (κ1) is 86.9. The van der Waals surface area contributed by atoms with E-state index in [4.69, 9.17) is 53.8 Å². The van der Waals surface area contributed by atoms with Gasteiger partial charge in [-0.3, -0.25) is 4.90 Å². The lowest BCUT2D eigenvalue weighted by molar-refractivity contribution is 0.0966. The number of ether oxygens (including phenoxy) is 4. The summed E-state index contributed by atoms with van der Waals surface area (Å²) >= 11 is 19.2. The van der Waals surface area contributed by atoms with E-state index < -0.39 is 22.1 Å². The Morgan fingerprint density at radius 1 is 0.483 bits per heavy atom. The molecule has 6 N–H and O–H groups in total. The SMILES string of the molecule is COc1cc(C2CCN(C3CCN(C)CC3)CC2)ccc1Nc1ncc(Cl)c(Nc2ccccc2[P+](C)=O)n1.COc1cc(N2CCC(N3CCN(C)CC3)CC2)ccc1Nc1ncc(Cl)c(Nc2ccc(C)cc2P(C)(C)=O)n1.COc1cc(OCCCN2CCCC2)ccc1Nc1ncc(Cl)c(Nc2ccccc2P(C)(C)=O)n1. The highest BCUT2D eigenvalue weighted by Crippen LogP contribution is 2.43. The third kappa shape index (κ3) is 23.7. The van der Waals surface area contributed by atoms with E-state index in [1.54, 1.807) is 67.0 Å². The zero-order chi connectivity index (χ0) is 82.0. The zero-order valence-corrected chi connectivity index (χ0v) is 73.4. The van der Waals surface area contributed by atoms with Gasteiger partial charge in [-0.25, -0.2) is 15.0 Å². The molecule has 1 unspecified atom stereocenters. The number of rotatable bonds is 27. The molecule has 0 aliphatic carbocycles. The second-order valence-corrected chi connectivity index (χ2v) is 40.1. The summed E-state index contributed by atoms with van der Waals surface area (Å²) < 4.78 is 60.9. The van der Waals surface area contributed by atoms with Gasteiger partial charge in [0.15, 0.2) is 17.5 Å². The molecule has 5 saturated heterocycles. The minimum Gasteiger partial charge on any atom is -0.495 e. The van der Waals surface area contributed by atoms with Crippen molar-refractivity contribution in [3.63, 3.8) is 0 Å². The molecule has 6 aromatic carbocycles. The van der Waals surface area contributed by atoms with Crippen molar-refractivity contribution in [3.8, 4) is 23.0 Å². The molecule has 8 heterocycles. The van der Waals surface area contributed by atoms with Crippen molar-refractivity contribution in [1.82, 2.24) is 54.4 Å². The van der Waals surface area contributed by atoms with Crippen molar-refractivity contribution < 1.29 is 32.6 Å². The Kier molecular flexibility index (Phi) is 30.6. The van der Waals surface area contributed by atoms with E-state index in [9.17, 15) is 13.7 Å². The molecule has 31 heteroatoms. The van der Waals surface area contributed by atoms with Crippen LogP contribution in [0, 0.1) is 6.92 Å². The van der Waals surface area contributed by atoms with Crippen LogP contribution >= 0.6 is 56.9 Å². The highest BCUT2D eigenvalue weighted by atomic mass is 35.5. The fraction of sp³-hybridized carbons (Fsp3) is 0.435. The fourth-order valence-corrected chi connectivity index (χ4v) is 19.0. The van der Waals surface area contributed by atoms with Gasteiger partial charge < -0.3 is 84.5 Å². The largest absolute Gasteiger partial charge is 0.495 e.